The van der Waals surface area contributed by atoms with Gasteiger partial charge in [-0.2, -0.15) is 18.3 Å². The van der Waals surface area contributed by atoms with Crippen molar-refractivity contribution in [1.29, 1.82) is 0 Å². The van der Waals surface area contributed by atoms with Crippen LogP contribution in [0.25, 0.3) is 22.2 Å². The minimum atomic E-state index is -4.63. The summed E-state index contributed by atoms with van der Waals surface area (Å²) in [7, 11) is 1.60. The number of anilines is 1. The first-order chi connectivity index (χ1) is 10.7. The molecule has 3 rings (SSSR count). The zero-order valence-electron chi connectivity index (χ0n) is 12.1. The molecule has 0 atom stereocenters. The third-order valence-electron chi connectivity index (χ3n) is 3.55. The van der Waals surface area contributed by atoms with Crippen molar-refractivity contribution >= 4 is 16.7 Å². The van der Waals surface area contributed by atoms with E-state index in [9.17, 15) is 17.6 Å². The summed E-state index contributed by atoms with van der Waals surface area (Å²) >= 11 is 0. The predicted molar refractivity (Wildman–Crippen MR) is 75.8 cm³/mol. The van der Waals surface area contributed by atoms with Gasteiger partial charge in [0, 0.05) is 12.6 Å². The van der Waals surface area contributed by atoms with Crippen molar-refractivity contribution in [3.63, 3.8) is 0 Å². The van der Waals surface area contributed by atoms with Crippen LogP contribution in [0.2, 0.25) is 0 Å². The molecule has 0 amide bonds. The highest BCUT2D eigenvalue weighted by molar-refractivity contribution is 5.97. The van der Waals surface area contributed by atoms with E-state index in [0.29, 0.717) is 17.0 Å². The van der Waals surface area contributed by atoms with E-state index < -0.39 is 17.6 Å². The number of nitrogens with two attached hydrogens (primary N) is 1. The highest BCUT2D eigenvalue weighted by Gasteiger charge is 2.32. The zero-order chi connectivity index (χ0) is 16.9. The third-order valence-corrected chi connectivity index (χ3v) is 3.55. The van der Waals surface area contributed by atoms with Crippen molar-refractivity contribution < 1.29 is 17.6 Å². The molecule has 2 N–H and O–H groups in total. The molecule has 0 unspecified atom stereocenters. The van der Waals surface area contributed by atoms with Gasteiger partial charge in [-0.15, -0.1) is 10.2 Å². The molecule has 0 aliphatic carbocycles. The van der Waals surface area contributed by atoms with Crippen molar-refractivity contribution in [2.45, 2.75) is 13.1 Å². The molecule has 0 fully saturated rings. The molecule has 2 heterocycles. The van der Waals surface area contributed by atoms with E-state index >= 15 is 0 Å². The van der Waals surface area contributed by atoms with Crippen LogP contribution in [0.3, 0.4) is 0 Å². The minimum absolute atomic E-state index is 0.0564. The largest absolute Gasteiger partial charge is 0.416 e. The van der Waals surface area contributed by atoms with Gasteiger partial charge < -0.3 is 5.73 Å². The molecule has 0 radical (unpaired) electrons. The third kappa shape index (κ3) is 2.37. The lowest BCUT2D eigenvalue weighted by Gasteiger charge is -2.13. The maximum absolute atomic E-state index is 14.4. The summed E-state index contributed by atoms with van der Waals surface area (Å²) in [4.78, 5) is 0. The molecular formula is C14H11F4N5. The second kappa shape index (κ2) is 4.90. The van der Waals surface area contributed by atoms with Crippen molar-refractivity contribution in [2.24, 2.45) is 7.05 Å². The quantitative estimate of drug-likeness (QED) is 0.698. The second-order valence-corrected chi connectivity index (χ2v) is 5.11. The molecule has 2 aromatic heterocycles. The van der Waals surface area contributed by atoms with Gasteiger partial charge >= 0.3 is 6.18 Å². The predicted octanol–water partition coefficient (Wildman–Crippen LogP) is 3.08. The van der Waals surface area contributed by atoms with Crippen molar-refractivity contribution in [2.75, 3.05) is 5.73 Å². The maximum Gasteiger partial charge on any atom is 0.416 e. The van der Waals surface area contributed by atoms with Gasteiger partial charge in [0.2, 0.25) is 0 Å². The number of aryl methyl sites for hydroxylation is 2. The average molecular weight is 325 g/mol. The summed E-state index contributed by atoms with van der Waals surface area (Å²) in [5.41, 5.74) is 5.19. The average Bonchev–Trinajstić information content (AvgIpc) is 2.83. The van der Waals surface area contributed by atoms with E-state index in [-0.39, 0.29) is 22.6 Å². The van der Waals surface area contributed by atoms with Crippen LogP contribution in [0.5, 0.6) is 0 Å². The fourth-order valence-electron chi connectivity index (χ4n) is 2.49. The number of nitrogen functional groups attached to an aromatic ring is 1. The Morgan fingerprint density at radius 1 is 1.17 bits per heavy atom. The summed E-state index contributed by atoms with van der Waals surface area (Å²) < 4.78 is 54.1. The fraction of sp³-hybridized carbons (Fsp3) is 0.214. The number of nitrogens with zero attached hydrogens (tertiary/aromatic N) is 4. The Kier molecular flexibility index (Phi) is 3.24. The SMILES string of the molecule is Cc1cc(C(F)(F)F)cc(F)c1-c1nnc(N)c2cnn(C)c12. The van der Waals surface area contributed by atoms with Crippen LogP contribution < -0.4 is 5.73 Å². The Balaban J connectivity index is 2.32. The molecule has 9 heteroatoms. The van der Waals surface area contributed by atoms with Crippen LogP contribution in [0.1, 0.15) is 11.1 Å². The summed E-state index contributed by atoms with van der Waals surface area (Å²) in [6.07, 6.45) is -3.18. The minimum Gasteiger partial charge on any atom is -0.382 e. The van der Waals surface area contributed by atoms with Gasteiger partial charge in [0.1, 0.15) is 11.5 Å². The van der Waals surface area contributed by atoms with E-state index in [0.717, 1.165) is 6.07 Å². The van der Waals surface area contributed by atoms with Crippen molar-refractivity contribution in [3.8, 4) is 11.3 Å². The summed E-state index contributed by atoms with van der Waals surface area (Å²) in [5, 5.41) is 12.1. The topological polar surface area (TPSA) is 69.6 Å². The number of alkyl halides is 3. The van der Waals surface area contributed by atoms with E-state index in [2.05, 4.69) is 15.3 Å². The van der Waals surface area contributed by atoms with Crippen LogP contribution in [-0.2, 0) is 13.2 Å². The first-order valence-electron chi connectivity index (χ1n) is 6.51. The van der Waals surface area contributed by atoms with Gasteiger partial charge in [-0.1, -0.05) is 0 Å². The molecule has 23 heavy (non-hydrogen) atoms. The molecule has 0 bridgehead atoms. The normalized spacial score (nSPS) is 12.1. The molecule has 0 aliphatic rings. The highest BCUT2D eigenvalue weighted by atomic mass is 19.4. The standard InChI is InChI=1S/C14H11F4N5/c1-6-3-7(14(16,17)18)4-9(15)10(6)11-12-8(5-20-23(12)2)13(19)22-21-11/h3-5H,1-2H3,(H2,19,22). The van der Waals surface area contributed by atoms with Crippen LogP contribution in [-0.4, -0.2) is 20.0 Å². The molecule has 0 aliphatic heterocycles. The van der Waals surface area contributed by atoms with Crippen LogP contribution >= 0.6 is 0 Å². The van der Waals surface area contributed by atoms with E-state index in [1.165, 1.54) is 17.8 Å². The van der Waals surface area contributed by atoms with Crippen molar-refractivity contribution in [3.05, 3.63) is 35.3 Å². The number of halogens is 4. The summed E-state index contributed by atoms with van der Waals surface area (Å²) in [5.74, 6) is -0.916. The van der Waals surface area contributed by atoms with E-state index in [4.69, 9.17) is 5.73 Å². The zero-order valence-corrected chi connectivity index (χ0v) is 12.1. The lowest BCUT2D eigenvalue weighted by molar-refractivity contribution is -0.137. The molecule has 1 aromatic carbocycles. The Morgan fingerprint density at radius 3 is 2.48 bits per heavy atom. The number of fused-ring (bicyclic) bond motifs is 1. The Labute approximate surface area is 127 Å². The summed E-state index contributed by atoms with van der Waals surface area (Å²) in [6, 6.07) is 1.32. The molecule has 3 aromatic rings. The molecule has 0 saturated heterocycles. The smallest absolute Gasteiger partial charge is 0.382 e. The Bertz CT molecular complexity index is 890. The molecular weight excluding hydrogens is 314 g/mol. The fourth-order valence-corrected chi connectivity index (χ4v) is 2.49. The molecule has 5 nitrogen and oxygen atoms in total. The number of benzene rings is 1. The Hall–Kier alpha value is -2.71. The number of hydrogen-bond acceptors (Lipinski definition) is 4. The van der Waals surface area contributed by atoms with Gasteiger partial charge in [0.25, 0.3) is 0 Å². The Morgan fingerprint density at radius 2 is 1.87 bits per heavy atom. The maximum atomic E-state index is 14.4. The number of rotatable bonds is 1. The van der Waals surface area contributed by atoms with Crippen molar-refractivity contribution in [1.82, 2.24) is 20.0 Å². The van der Waals surface area contributed by atoms with Gasteiger partial charge in [0.15, 0.2) is 5.82 Å². The van der Waals surface area contributed by atoms with Gasteiger partial charge in [-0.3, -0.25) is 4.68 Å². The monoisotopic (exact) mass is 325 g/mol. The van der Waals surface area contributed by atoms with E-state index in [1.54, 1.807) is 7.05 Å². The first-order valence-corrected chi connectivity index (χ1v) is 6.51. The van der Waals surface area contributed by atoms with Gasteiger partial charge in [-0.25, -0.2) is 4.39 Å². The molecule has 120 valence electrons. The van der Waals surface area contributed by atoms with Crippen LogP contribution in [0.4, 0.5) is 23.4 Å². The van der Waals surface area contributed by atoms with Crippen LogP contribution in [0, 0.1) is 12.7 Å². The molecule has 0 spiro atoms. The lowest BCUT2D eigenvalue weighted by atomic mass is 10.00. The van der Waals surface area contributed by atoms with E-state index in [1.807, 2.05) is 0 Å². The van der Waals surface area contributed by atoms with Gasteiger partial charge in [-0.05, 0) is 24.6 Å². The van der Waals surface area contributed by atoms with Crippen LogP contribution in [0.15, 0.2) is 18.3 Å². The summed E-state index contributed by atoms with van der Waals surface area (Å²) in [6.45, 7) is 1.38. The number of hydrogen-bond donors (Lipinski definition) is 1. The van der Waals surface area contributed by atoms with Gasteiger partial charge in [0.05, 0.1) is 22.7 Å². The highest BCUT2D eigenvalue weighted by Crippen LogP contribution is 2.36. The lowest BCUT2D eigenvalue weighted by Crippen LogP contribution is -2.08. The molecule has 0 saturated carbocycles. The first kappa shape index (κ1) is 15.2. The number of aromatic nitrogens is 4. The second-order valence-electron chi connectivity index (χ2n) is 5.11.